The fourth-order valence-electron chi connectivity index (χ4n) is 1.41. The van der Waals surface area contributed by atoms with Crippen LogP contribution in [0.4, 0.5) is 0 Å². The van der Waals surface area contributed by atoms with Crippen LogP contribution < -0.4 is 0 Å². The Bertz CT molecular complexity index is 152. The molecule has 10 heavy (non-hydrogen) atoms. The van der Waals surface area contributed by atoms with Gasteiger partial charge in [-0.2, -0.15) is 0 Å². The van der Waals surface area contributed by atoms with Gasteiger partial charge in [0, 0.05) is 0 Å². The van der Waals surface area contributed by atoms with Gasteiger partial charge in [-0.3, -0.25) is 0 Å². The van der Waals surface area contributed by atoms with Crippen LogP contribution in [0, 0.1) is 0 Å². The lowest BCUT2D eigenvalue weighted by Gasteiger charge is -2.20. The molecule has 2 fully saturated rings. The Balaban J connectivity index is 2.21. The Morgan fingerprint density at radius 2 is 2.30 bits per heavy atom. The summed E-state index contributed by atoms with van der Waals surface area (Å²) in [4.78, 5) is 0. The van der Waals surface area contributed by atoms with Crippen LogP contribution in [-0.2, 0) is 9.47 Å². The molecule has 3 atom stereocenters. The van der Waals surface area contributed by atoms with Gasteiger partial charge >= 0.3 is 0 Å². The number of rotatable bonds is 0. The van der Waals surface area contributed by atoms with Gasteiger partial charge in [-0.05, 0) is 6.42 Å². The highest BCUT2D eigenvalue weighted by atomic mass is 79.9. The molecular formula is C6H9BrO3. The topological polar surface area (TPSA) is 38.7 Å². The number of alkyl halides is 1. The Morgan fingerprint density at radius 1 is 1.50 bits per heavy atom. The molecule has 4 heteroatoms. The van der Waals surface area contributed by atoms with Crippen molar-refractivity contribution in [3.63, 3.8) is 0 Å². The van der Waals surface area contributed by atoms with E-state index in [2.05, 4.69) is 15.9 Å². The third-order valence-electron chi connectivity index (χ3n) is 2.11. The lowest BCUT2D eigenvalue weighted by molar-refractivity contribution is -0.0861. The number of fused-ring (bicyclic) bond motifs is 1. The van der Waals surface area contributed by atoms with Crippen molar-refractivity contribution in [3.05, 3.63) is 0 Å². The van der Waals surface area contributed by atoms with Crippen molar-refractivity contribution >= 4 is 15.9 Å². The van der Waals surface area contributed by atoms with E-state index in [9.17, 15) is 5.11 Å². The first-order chi connectivity index (χ1) is 4.73. The molecule has 0 spiro atoms. The van der Waals surface area contributed by atoms with Gasteiger partial charge < -0.3 is 14.6 Å². The second-order valence-corrected chi connectivity index (χ2v) is 4.21. The summed E-state index contributed by atoms with van der Waals surface area (Å²) < 4.78 is 10.1. The summed E-state index contributed by atoms with van der Waals surface area (Å²) in [5, 5.41) is 9.41. The van der Waals surface area contributed by atoms with Gasteiger partial charge in [0.2, 0.25) is 0 Å². The van der Waals surface area contributed by atoms with E-state index in [0.717, 1.165) is 6.42 Å². The van der Waals surface area contributed by atoms with E-state index in [-0.39, 0.29) is 10.6 Å². The molecule has 0 aromatic rings. The Hall–Kier alpha value is 0.360. The van der Waals surface area contributed by atoms with Crippen LogP contribution in [0.25, 0.3) is 0 Å². The van der Waals surface area contributed by atoms with Gasteiger partial charge in [-0.15, -0.1) is 0 Å². The first kappa shape index (κ1) is 7.03. The van der Waals surface area contributed by atoms with Gasteiger partial charge in [0.05, 0.1) is 19.3 Å². The zero-order valence-corrected chi connectivity index (χ0v) is 7.00. The van der Waals surface area contributed by atoms with Crippen LogP contribution in [0.2, 0.25) is 0 Å². The highest BCUT2D eigenvalue weighted by Gasteiger charge is 2.53. The van der Waals surface area contributed by atoms with Gasteiger partial charge in [0.15, 0.2) is 6.29 Å². The molecule has 2 rings (SSSR count). The largest absolute Gasteiger partial charge is 0.389 e. The van der Waals surface area contributed by atoms with Gasteiger partial charge in [0.25, 0.3) is 0 Å². The average molecular weight is 209 g/mol. The minimum absolute atomic E-state index is 0.234. The van der Waals surface area contributed by atoms with E-state index < -0.39 is 6.10 Å². The first-order valence-corrected chi connectivity index (χ1v) is 4.13. The standard InChI is InChI=1S/C6H9BrO3/c7-6-1-2-9-5(6)10-3-4(6)8/h4-5,8H,1-3H2/t4-,5?,6+/m1/s1. The molecule has 58 valence electrons. The van der Waals surface area contributed by atoms with Gasteiger partial charge in [-0.25, -0.2) is 0 Å². The fourth-order valence-corrected chi connectivity index (χ4v) is 1.96. The number of ether oxygens (including phenoxy) is 2. The summed E-state index contributed by atoms with van der Waals surface area (Å²) in [7, 11) is 0. The molecule has 0 bridgehead atoms. The van der Waals surface area contributed by atoms with Crippen LogP contribution in [0.1, 0.15) is 6.42 Å². The van der Waals surface area contributed by atoms with Crippen molar-refractivity contribution in [1.29, 1.82) is 0 Å². The fraction of sp³-hybridized carbons (Fsp3) is 1.00. The molecule has 2 heterocycles. The van der Waals surface area contributed by atoms with E-state index in [1.807, 2.05) is 0 Å². The molecule has 2 aliphatic heterocycles. The monoisotopic (exact) mass is 208 g/mol. The molecule has 1 N–H and O–H groups in total. The number of hydrogen-bond acceptors (Lipinski definition) is 3. The summed E-state index contributed by atoms with van der Waals surface area (Å²) in [5.41, 5.74) is 0. The highest BCUT2D eigenvalue weighted by molar-refractivity contribution is 9.10. The maximum Gasteiger partial charge on any atom is 0.175 e. The highest BCUT2D eigenvalue weighted by Crippen LogP contribution is 2.42. The number of aliphatic hydroxyl groups excluding tert-OH is 1. The Labute approximate surface area is 67.4 Å². The lowest BCUT2D eigenvalue weighted by atomic mass is 10.0. The van der Waals surface area contributed by atoms with Gasteiger partial charge in [0.1, 0.15) is 4.32 Å². The smallest absolute Gasteiger partial charge is 0.175 e. The van der Waals surface area contributed by atoms with E-state index in [1.54, 1.807) is 0 Å². The van der Waals surface area contributed by atoms with Crippen molar-refractivity contribution in [2.24, 2.45) is 0 Å². The SMILES string of the molecule is O[C@@H]1COC2OCC[C@@]21Br. The van der Waals surface area contributed by atoms with Crippen molar-refractivity contribution < 1.29 is 14.6 Å². The van der Waals surface area contributed by atoms with E-state index in [1.165, 1.54) is 0 Å². The molecule has 1 unspecified atom stereocenters. The van der Waals surface area contributed by atoms with Crippen LogP contribution in [0.3, 0.4) is 0 Å². The minimum atomic E-state index is -0.417. The van der Waals surface area contributed by atoms with Gasteiger partial charge in [-0.1, -0.05) is 15.9 Å². The van der Waals surface area contributed by atoms with Crippen molar-refractivity contribution in [2.45, 2.75) is 23.1 Å². The van der Waals surface area contributed by atoms with Crippen LogP contribution >= 0.6 is 15.9 Å². The summed E-state index contributed by atoms with van der Waals surface area (Å²) in [6, 6.07) is 0. The van der Waals surface area contributed by atoms with Crippen molar-refractivity contribution in [3.8, 4) is 0 Å². The van der Waals surface area contributed by atoms with E-state index >= 15 is 0 Å². The molecule has 0 saturated carbocycles. The van der Waals surface area contributed by atoms with E-state index in [4.69, 9.17) is 9.47 Å². The summed E-state index contributed by atoms with van der Waals surface area (Å²) in [6.45, 7) is 1.06. The molecule has 0 aromatic heterocycles. The summed E-state index contributed by atoms with van der Waals surface area (Å²) in [5.74, 6) is 0. The molecule has 2 aliphatic rings. The lowest BCUT2D eigenvalue weighted by Crippen LogP contribution is -2.36. The van der Waals surface area contributed by atoms with Crippen molar-refractivity contribution in [2.75, 3.05) is 13.2 Å². The maximum absolute atomic E-state index is 9.41. The Kier molecular flexibility index (Phi) is 1.53. The second kappa shape index (κ2) is 2.17. The molecule has 0 aliphatic carbocycles. The number of halogens is 1. The maximum atomic E-state index is 9.41. The molecular weight excluding hydrogens is 200 g/mol. The third-order valence-corrected chi connectivity index (χ3v) is 3.40. The molecule has 0 radical (unpaired) electrons. The normalized spacial score (nSPS) is 53.4. The number of hydrogen-bond donors (Lipinski definition) is 1. The van der Waals surface area contributed by atoms with Crippen LogP contribution in [0.15, 0.2) is 0 Å². The quantitative estimate of drug-likeness (QED) is 0.581. The molecule has 3 nitrogen and oxygen atoms in total. The molecule has 0 aromatic carbocycles. The predicted octanol–water partition coefficient (Wildman–Crippen LogP) is 0.258. The predicted molar refractivity (Wildman–Crippen MR) is 38.0 cm³/mol. The summed E-state index contributed by atoms with van der Waals surface area (Å²) in [6.07, 6.45) is 0.182. The molecule has 0 amide bonds. The first-order valence-electron chi connectivity index (χ1n) is 3.34. The number of aliphatic hydroxyl groups is 1. The minimum Gasteiger partial charge on any atom is -0.389 e. The zero-order chi connectivity index (χ0) is 7.19. The van der Waals surface area contributed by atoms with Crippen molar-refractivity contribution in [1.82, 2.24) is 0 Å². The second-order valence-electron chi connectivity index (χ2n) is 2.73. The Morgan fingerprint density at radius 3 is 3.00 bits per heavy atom. The van der Waals surface area contributed by atoms with Crippen LogP contribution in [0.5, 0.6) is 0 Å². The zero-order valence-electron chi connectivity index (χ0n) is 5.42. The van der Waals surface area contributed by atoms with Crippen LogP contribution in [-0.4, -0.2) is 35.0 Å². The summed E-state index contributed by atoms with van der Waals surface area (Å²) >= 11 is 3.44. The molecule has 2 saturated heterocycles. The third kappa shape index (κ3) is 0.763. The average Bonchev–Trinajstić information content (AvgIpc) is 2.36. The van der Waals surface area contributed by atoms with E-state index in [0.29, 0.717) is 13.2 Å².